The summed E-state index contributed by atoms with van der Waals surface area (Å²) in [7, 11) is -2.01. The maximum absolute atomic E-state index is 13.2. The summed E-state index contributed by atoms with van der Waals surface area (Å²) in [6.45, 7) is 4.42. The number of sulfonamides is 1. The Morgan fingerprint density at radius 3 is 2.54 bits per heavy atom. The molecule has 0 saturated carbocycles. The lowest BCUT2D eigenvalue weighted by molar-refractivity contribution is -0.0529. The van der Waals surface area contributed by atoms with E-state index in [1.807, 2.05) is 37.3 Å². The topological polar surface area (TPSA) is 55.8 Å². The fraction of sp³-hybridized carbons (Fsp3) is 0.400. The highest BCUT2D eigenvalue weighted by Gasteiger charge is 2.34. The molecule has 1 aliphatic rings. The van der Waals surface area contributed by atoms with Crippen molar-refractivity contribution in [2.75, 3.05) is 20.2 Å². The average molecular weight is 375 g/mol. The van der Waals surface area contributed by atoms with Crippen LogP contribution in [0.3, 0.4) is 0 Å². The predicted octanol–water partition coefficient (Wildman–Crippen LogP) is 3.02. The van der Waals surface area contributed by atoms with Crippen molar-refractivity contribution in [3.05, 3.63) is 59.7 Å². The molecular formula is C20H25NO4S. The summed E-state index contributed by atoms with van der Waals surface area (Å²) in [4.78, 5) is 0.325. The molecule has 140 valence electrons. The first-order valence-corrected chi connectivity index (χ1v) is 10.2. The average Bonchev–Trinajstić information content (AvgIpc) is 2.61. The Morgan fingerprint density at radius 1 is 1.15 bits per heavy atom. The molecule has 0 spiro atoms. The maximum Gasteiger partial charge on any atom is 0.243 e. The van der Waals surface area contributed by atoms with Crippen LogP contribution < -0.4 is 4.74 Å². The first-order valence-electron chi connectivity index (χ1n) is 8.74. The molecule has 26 heavy (non-hydrogen) atoms. The standard InChI is InChI=1S/C20H25NO4S/c1-15-11-18(24-3)9-10-20(15)26(22,23)21-13-16(2)25-19(14-21)12-17-7-5-4-6-8-17/h4-11,16,19H,12-14H2,1-3H3. The van der Waals surface area contributed by atoms with Crippen molar-refractivity contribution in [3.63, 3.8) is 0 Å². The molecule has 5 nitrogen and oxygen atoms in total. The molecule has 0 amide bonds. The van der Waals surface area contributed by atoms with Crippen LogP contribution in [0.1, 0.15) is 18.1 Å². The van der Waals surface area contributed by atoms with E-state index in [4.69, 9.17) is 9.47 Å². The van der Waals surface area contributed by atoms with E-state index in [1.165, 1.54) is 0 Å². The largest absolute Gasteiger partial charge is 0.497 e. The van der Waals surface area contributed by atoms with Crippen molar-refractivity contribution >= 4 is 10.0 Å². The highest BCUT2D eigenvalue weighted by atomic mass is 32.2. The van der Waals surface area contributed by atoms with Crippen LogP contribution in [0.15, 0.2) is 53.4 Å². The van der Waals surface area contributed by atoms with Gasteiger partial charge in [-0.05, 0) is 49.6 Å². The number of ether oxygens (including phenoxy) is 2. The quantitative estimate of drug-likeness (QED) is 0.806. The number of hydrogen-bond donors (Lipinski definition) is 0. The number of methoxy groups -OCH3 is 1. The third-order valence-corrected chi connectivity index (χ3v) is 6.59. The van der Waals surface area contributed by atoms with Crippen LogP contribution in [0.25, 0.3) is 0 Å². The molecule has 0 aliphatic carbocycles. The van der Waals surface area contributed by atoms with E-state index in [1.54, 1.807) is 36.5 Å². The second-order valence-corrected chi connectivity index (χ2v) is 8.62. The molecule has 3 rings (SSSR count). The summed E-state index contributed by atoms with van der Waals surface area (Å²) in [5.41, 5.74) is 1.83. The van der Waals surface area contributed by atoms with Gasteiger partial charge in [0.2, 0.25) is 10.0 Å². The monoisotopic (exact) mass is 375 g/mol. The van der Waals surface area contributed by atoms with Crippen molar-refractivity contribution in [1.29, 1.82) is 0 Å². The van der Waals surface area contributed by atoms with Crippen molar-refractivity contribution < 1.29 is 17.9 Å². The zero-order valence-electron chi connectivity index (χ0n) is 15.4. The van der Waals surface area contributed by atoms with Gasteiger partial charge in [0.05, 0.1) is 24.2 Å². The Balaban J connectivity index is 1.82. The lowest BCUT2D eigenvalue weighted by Gasteiger charge is -2.36. The summed E-state index contributed by atoms with van der Waals surface area (Å²) in [5, 5.41) is 0. The van der Waals surface area contributed by atoms with Crippen molar-refractivity contribution in [2.45, 2.75) is 37.4 Å². The van der Waals surface area contributed by atoms with Gasteiger partial charge in [0.25, 0.3) is 0 Å². The molecule has 0 bridgehead atoms. The van der Waals surface area contributed by atoms with E-state index in [2.05, 4.69) is 0 Å². The van der Waals surface area contributed by atoms with Crippen LogP contribution in [0, 0.1) is 6.92 Å². The lowest BCUT2D eigenvalue weighted by Crippen LogP contribution is -2.49. The zero-order chi connectivity index (χ0) is 18.7. The van der Waals surface area contributed by atoms with Gasteiger partial charge in [-0.25, -0.2) is 8.42 Å². The SMILES string of the molecule is COc1ccc(S(=O)(=O)N2CC(C)OC(Cc3ccccc3)C2)c(C)c1. The highest BCUT2D eigenvalue weighted by Crippen LogP contribution is 2.27. The van der Waals surface area contributed by atoms with Crippen LogP contribution >= 0.6 is 0 Å². The first kappa shape index (κ1) is 18.9. The molecule has 1 fully saturated rings. The Kier molecular flexibility index (Phi) is 5.65. The molecule has 0 N–H and O–H groups in total. The molecule has 2 atom stereocenters. The number of aryl methyl sites for hydroxylation is 1. The summed E-state index contributed by atoms with van der Waals surface area (Å²) in [5.74, 6) is 0.652. The van der Waals surface area contributed by atoms with Crippen LogP contribution in [0.4, 0.5) is 0 Å². The second kappa shape index (κ2) is 7.78. The summed E-state index contributed by atoms with van der Waals surface area (Å²) < 4.78 is 39.1. The molecule has 2 aromatic carbocycles. The maximum atomic E-state index is 13.2. The van der Waals surface area contributed by atoms with Crippen LogP contribution in [-0.2, 0) is 21.2 Å². The Morgan fingerprint density at radius 2 is 1.88 bits per heavy atom. The normalized spacial score (nSPS) is 21.5. The predicted molar refractivity (Wildman–Crippen MR) is 101 cm³/mol. The third kappa shape index (κ3) is 4.09. The van der Waals surface area contributed by atoms with E-state index in [-0.39, 0.29) is 12.2 Å². The van der Waals surface area contributed by atoms with E-state index in [0.717, 1.165) is 5.56 Å². The second-order valence-electron chi connectivity index (χ2n) is 6.71. The van der Waals surface area contributed by atoms with Crippen molar-refractivity contribution in [2.24, 2.45) is 0 Å². The smallest absolute Gasteiger partial charge is 0.243 e. The summed E-state index contributed by atoms with van der Waals surface area (Å²) >= 11 is 0. The minimum Gasteiger partial charge on any atom is -0.497 e. The van der Waals surface area contributed by atoms with E-state index >= 15 is 0 Å². The van der Waals surface area contributed by atoms with Gasteiger partial charge in [-0.15, -0.1) is 0 Å². The fourth-order valence-corrected chi connectivity index (χ4v) is 5.12. The highest BCUT2D eigenvalue weighted by molar-refractivity contribution is 7.89. The number of hydrogen-bond acceptors (Lipinski definition) is 4. The molecule has 1 heterocycles. The number of benzene rings is 2. The van der Waals surface area contributed by atoms with Crippen LogP contribution in [0.2, 0.25) is 0 Å². The molecule has 1 aliphatic heterocycles. The number of nitrogens with zero attached hydrogens (tertiary/aromatic N) is 1. The molecule has 1 saturated heterocycles. The Labute approximate surface area is 155 Å². The number of morpholine rings is 1. The van der Waals surface area contributed by atoms with Crippen molar-refractivity contribution in [3.8, 4) is 5.75 Å². The van der Waals surface area contributed by atoms with Crippen LogP contribution in [-0.4, -0.2) is 45.1 Å². The third-order valence-electron chi connectivity index (χ3n) is 4.60. The number of rotatable bonds is 5. The van der Waals surface area contributed by atoms with Gasteiger partial charge in [0.1, 0.15) is 5.75 Å². The van der Waals surface area contributed by atoms with E-state index in [9.17, 15) is 8.42 Å². The van der Waals surface area contributed by atoms with Gasteiger partial charge in [-0.2, -0.15) is 4.31 Å². The molecule has 2 aromatic rings. The lowest BCUT2D eigenvalue weighted by atomic mass is 10.1. The van der Waals surface area contributed by atoms with Crippen molar-refractivity contribution in [1.82, 2.24) is 4.31 Å². The van der Waals surface area contributed by atoms with Gasteiger partial charge >= 0.3 is 0 Å². The van der Waals surface area contributed by atoms with Gasteiger partial charge in [0, 0.05) is 13.1 Å². The molecule has 0 radical (unpaired) electrons. The molecular weight excluding hydrogens is 350 g/mol. The Hall–Kier alpha value is -1.89. The fourth-order valence-electron chi connectivity index (χ4n) is 3.37. The first-order chi connectivity index (χ1) is 12.4. The van der Waals surface area contributed by atoms with Gasteiger partial charge in [-0.3, -0.25) is 0 Å². The summed E-state index contributed by atoms with van der Waals surface area (Å²) in [6.07, 6.45) is 0.388. The van der Waals surface area contributed by atoms with Crippen LogP contribution in [0.5, 0.6) is 5.75 Å². The zero-order valence-corrected chi connectivity index (χ0v) is 16.2. The Bertz CT molecular complexity index is 851. The van der Waals surface area contributed by atoms with E-state index in [0.29, 0.717) is 35.7 Å². The van der Waals surface area contributed by atoms with Gasteiger partial charge < -0.3 is 9.47 Å². The molecule has 6 heteroatoms. The van der Waals surface area contributed by atoms with E-state index < -0.39 is 10.0 Å². The molecule has 0 aromatic heterocycles. The minimum atomic E-state index is -3.58. The van der Waals surface area contributed by atoms with Gasteiger partial charge in [-0.1, -0.05) is 30.3 Å². The molecule has 2 unspecified atom stereocenters. The minimum absolute atomic E-state index is 0.147. The summed E-state index contributed by atoms with van der Waals surface area (Å²) in [6, 6.07) is 15.1. The van der Waals surface area contributed by atoms with Gasteiger partial charge in [0.15, 0.2) is 0 Å².